The Bertz CT molecular complexity index is 1200. The van der Waals surface area contributed by atoms with Crippen LogP contribution in [0.2, 0.25) is 5.02 Å². The molecule has 0 radical (unpaired) electrons. The van der Waals surface area contributed by atoms with E-state index in [1.54, 1.807) is 12.4 Å². The predicted octanol–water partition coefficient (Wildman–Crippen LogP) is 7.76. The highest BCUT2D eigenvalue weighted by atomic mass is 79.9. The van der Waals surface area contributed by atoms with E-state index in [4.69, 9.17) is 16.6 Å². The van der Waals surface area contributed by atoms with Crippen molar-refractivity contribution in [2.75, 3.05) is 13.1 Å². The molecule has 1 amide bonds. The summed E-state index contributed by atoms with van der Waals surface area (Å²) < 4.78 is 1.99. The van der Waals surface area contributed by atoms with Gasteiger partial charge in [0.15, 0.2) is 0 Å². The maximum absolute atomic E-state index is 13.0. The SMILES string of the molecule is C/C=C\c1cc(Cl)cc(Br)c1C(C(N=CC(C)Br)=C(C)C)C1CCN(C(=O)CCc2cc[n+](O)cc2)CC1. The third-order valence-corrected chi connectivity index (χ3v) is 7.99. The third kappa shape index (κ3) is 8.27. The lowest BCUT2D eigenvalue weighted by Crippen LogP contribution is -2.40. The lowest BCUT2D eigenvalue weighted by Gasteiger charge is -2.38. The Balaban J connectivity index is 1.87. The number of piperidine rings is 1. The summed E-state index contributed by atoms with van der Waals surface area (Å²) in [6.07, 6.45) is 12.2. The molecule has 3 rings (SSSR count). The minimum absolute atomic E-state index is 0.0621. The van der Waals surface area contributed by atoms with Crippen LogP contribution in [-0.4, -0.2) is 40.1 Å². The van der Waals surface area contributed by atoms with Crippen LogP contribution in [0.25, 0.3) is 6.08 Å². The Morgan fingerprint density at radius 1 is 1.26 bits per heavy atom. The normalized spacial score (nSPS) is 16.2. The smallest absolute Gasteiger partial charge is 0.222 e. The summed E-state index contributed by atoms with van der Waals surface area (Å²) >= 11 is 13.9. The number of hydrogen-bond acceptors (Lipinski definition) is 3. The number of carbonyl (C=O) groups is 1. The first-order valence-electron chi connectivity index (χ1n) is 13.0. The Morgan fingerprint density at radius 3 is 2.50 bits per heavy atom. The second-order valence-electron chi connectivity index (χ2n) is 10.0. The highest BCUT2D eigenvalue weighted by Crippen LogP contribution is 2.45. The van der Waals surface area contributed by atoms with E-state index in [-0.39, 0.29) is 16.7 Å². The number of aliphatic imine (C=N–C) groups is 1. The van der Waals surface area contributed by atoms with Gasteiger partial charge < -0.3 is 4.90 Å². The van der Waals surface area contributed by atoms with Crippen molar-refractivity contribution in [1.82, 2.24) is 4.90 Å². The second kappa shape index (κ2) is 14.4. The first kappa shape index (κ1) is 30.6. The molecule has 1 saturated heterocycles. The van der Waals surface area contributed by atoms with Crippen LogP contribution in [0.5, 0.6) is 0 Å². The molecule has 1 fully saturated rings. The number of nitrogens with zero attached hydrogens (tertiary/aromatic N) is 3. The fraction of sp³-hybridized carbons (Fsp3) is 0.433. The highest BCUT2D eigenvalue weighted by molar-refractivity contribution is 9.10. The second-order valence-corrected chi connectivity index (χ2v) is 12.7. The van der Waals surface area contributed by atoms with Crippen molar-refractivity contribution in [1.29, 1.82) is 0 Å². The van der Waals surface area contributed by atoms with Crippen LogP contribution in [0, 0.1) is 5.92 Å². The van der Waals surface area contributed by atoms with Gasteiger partial charge in [0.25, 0.3) is 0 Å². The van der Waals surface area contributed by atoms with E-state index < -0.39 is 0 Å². The van der Waals surface area contributed by atoms with Gasteiger partial charge in [-0.1, -0.05) is 61.2 Å². The molecule has 0 saturated carbocycles. The standard InChI is InChI=1S/C30H37Br2ClN3O2/c1-5-6-24-17-25(33)18-26(32)28(24)29(30(20(2)3)34-19-21(4)31)23-11-13-35(14-12-23)27(37)8-7-22-9-15-36(38)16-10-22/h5-6,9-10,15-19,21,23,29,38H,7-8,11-14H2,1-4H3/q+1/b6-5-,34-19?. The monoisotopic (exact) mass is 664 g/mol. The predicted molar refractivity (Wildman–Crippen MR) is 163 cm³/mol. The minimum atomic E-state index is 0.0621. The molecule has 1 aromatic heterocycles. The number of alkyl halides is 1. The number of aryl methyl sites for hydroxylation is 1. The highest BCUT2D eigenvalue weighted by Gasteiger charge is 2.34. The van der Waals surface area contributed by atoms with Crippen molar-refractivity contribution in [3.8, 4) is 0 Å². The number of halogens is 3. The molecule has 1 N–H and O–H groups in total. The Hall–Kier alpha value is -1.96. The first-order valence-corrected chi connectivity index (χ1v) is 15.1. The van der Waals surface area contributed by atoms with Crippen LogP contribution in [0.4, 0.5) is 0 Å². The van der Waals surface area contributed by atoms with Gasteiger partial charge in [-0.25, -0.2) is 0 Å². The number of likely N-dealkylation sites (tertiary alicyclic amines) is 1. The maximum atomic E-state index is 13.0. The molecule has 0 aliphatic carbocycles. The number of benzene rings is 1. The number of pyridine rings is 1. The number of carbonyl (C=O) groups excluding carboxylic acids is 1. The molecule has 0 spiro atoms. The van der Waals surface area contributed by atoms with Gasteiger partial charge in [0.1, 0.15) is 0 Å². The molecule has 8 heteroatoms. The van der Waals surface area contributed by atoms with Crippen molar-refractivity contribution < 1.29 is 14.7 Å². The number of hydrogen-bond donors (Lipinski definition) is 1. The van der Waals surface area contributed by atoms with Gasteiger partial charge in [0.2, 0.25) is 18.3 Å². The van der Waals surface area contributed by atoms with Crippen molar-refractivity contribution in [3.05, 3.63) is 80.2 Å². The van der Waals surface area contributed by atoms with E-state index in [2.05, 4.69) is 58.7 Å². The van der Waals surface area contributed by atoms with E-state index >= 15 is 0 Å². The zero-order valence-electron chi connectivity index (χ0n) is 22.5. The summed E-state index contributed by atoms with van der Waals surface area (Å²) in [5, 5.41) is 10.1. The molecule has 2 aromatic rings. The number of allylic oxidation sites excluding steroid dienone is 3. The summed E-state index contributed by atoms with van der Waals surface area (Å²) in [5.41, 5.74) is 5.56. The first-order chi connectivity index (χ1) is 18.1. The Morgan fingerprint density at radius 2 is 1.92 bits per heavy atom. The molecule has 2 heterocycles. The van der Waals surface area contributed by atoms with Crippen LogP contribution < -0.4 is 4.73 Å². The average molecular weight is 667 g/mol. The molecular weight excluding hydrogens is 630 g/mol. The molecular formula is C30H37Br2ClN3O2+. The molecule has 1 aliphatic heterocycles. The van der Waals surface area contributed by atoms with Gasteiger partial charge in [-0.15, -0.1) is 0 Å². The van der Waals surface area contributed by atoms with Gasteiger partial charge in [-0.05, 0) is 81.7 Å². The van der Waals surface area contributed by atoms with Gasteiger partial charge in [-0.2, -0.15) is 0 Å². The molecule has 1 aromatic carbocycles. The number of aromatic nitrogens is 1. The van der Waals surface area contributed by atoms with Gasteiger partial charge in [0.05, 0.1) is 0 Å². The summed E-state index contributed by atoms with van der Waals surface area (Å²) in [5.74, 6) is 0.561. The van der Waals surface area contributed by atoms with Crippen LogP contribution in [0.15, 0.2) is 63.5 Å². The van der Waals surface area contributed by atoms with Crippen LogP contribution in [-0.2, 0) is 11.2 Å². The molecule has 2 unspecified atom stereocenters. The van der Waals surface area contributed by atoms with E-state index in [9.17, 15) is 10.0 Å². The maximum Gasteiger partial charge on any atom is 0.222 e. The summed E-state index contributed by atoms with van der Waals surface area (Å²) in [4.78, 5) is 20.2. The topological polar surface area (TPSA) is 56.8 Å². The third-order valence-electron chi connectivity index (χ3n) is 6.88. The Labute approximate surface area is 248 Å². The van der Waals surface area contributed by atoms with Crippen LogP contribution in [0.1, 0.15) is 69.6 Å². The van der Waals surface area contributed by atoms with Gasteiger partial charge in [0, 0.05) is 68.5 Å². The molecule has 0 bridgehead atoms. The van der Waals surface area contributed by atoms with Crippen LogP contribution >= 0.6 is 43.5 Å². The summed E-state index contributed by atoms with van der Waals surface area (Å²) in [6.45, 7) is 9.78. The minimum Gasteiger partial charge on any atom is -0.343 e. The quantitative estimate of drug-likeness (QED) is 0.129. The lowest BCUT2D eigenvalue weighted by molar-refractivity contribution is -0.904. The van der Waals surface area contributed by atoms with E-state index in [1.807, 2.05) is 48.4 Å². The van der Waals surface area contributed by atoms with Gasteiger partial charge in [-0.3, -0.25) is 15.0 Å². The van der Waals surface area contributed by atoms with Gasteiger partial charge >= 0.3 is 0 Å². The van der Waals surface area contributed by atoms with Crippen molar-refractivity contribution in [2.45, 2.75) is 64.1 Å². The van der Waals surface area contributed by atoms with E-state index in [0.29, 0.717) is 23.8 Å². The molecule has 5 nitrogen and oxygen atoms in total. The zero-order chi connectivity index (χ0) is 27.8. The number of amides is 1. The molecule has 38 heavy (non-hydrogen) atoms. The molecule has 2 atom stereocenters. The summed E-state index contributed by atoms with van der Waals surface area (Å²) in [7, 11) is 0. The Kier molecular flexibility index (Phi) is 11.6. The van der Waals surface area contributed by atoms with E-state index in [1.165, 1.54) is 11.1 Å². The largest absolute Gasteiger partial charge is 0.343 e. The zero-order valence-corrected chi connectivity index (χ0v) is 26.4. The molecule has 204 valence electrons. The van der Waals surface area contributed by atoms with Crippen molar-refractivity contribution in [3.63, 3.8) is 0 Å². The van der Waals surface area contributed by atoms with E-state index in [0.717, 1.165) is 52.0 Å². The fourth-order valence-electron chi connectivity index (χ4n) is 5.06. The van der Waals surface area contributed by atoms with Crippen molar-refractivity contribution >= 4 is 61.7 Å². The lowest BCUT2D eigenvalue weighted by atomic mass is 9.75. The van der Waals surface area contributed by atoms with Crippen LogP contribution in [0.3, 0.4) is 0 Å². The van der Waals surface area contributed by atoms with Crippen molar-refractivity contribution in [2.24, 2.45) is 10.9 Å². The average Bonchev–Trinajstić information content (AvgIpc) is 2.86. The number of rotatable bonds is 9. The molecule has 1 aliphatic rings. The summed E-state index contributed by atoms with van der Waals surface area (Å²) in [6, 6.07) is 7.67. The fourth-order valence-corrected chi connectivity index (χ4v) is 6.26.